The van der Waals surface area contributed by atoms with Gasteiger partial charge in [-0.05, 0) is 32.8 Å². The fraction of sp³-hybridized carbons (Fsp3) is 0.667. The first-order valence-electron chi connectivity index (χ1n) is 5.47. The summed E-state index contributed by atoms with van der Waals surface area (Å²) in [7, 11) is 0. The van der Waals surface area contributed by atoms with Crippen LogP contribution in [0.25, 0.3) is 0 Å². The van der Waals surface area contributed by atoms with Gasteiger partial charge in [0, 0.05) is 18.8 Å². The van der Waals surface area contributed by atoms with Gasteiger partial charge in [0.05, 0.1) is 13.2 Å². The number of rotatable bonds is 1. The molecule has 0 bridgehead atoms. The molecule has 0 aromatic heterocycles. The minimum Gasteiger partial charge on any atom is -0.378 e. The monoisotopic (exact) mass is 193 g/mol. The van der Waals surface area contributed by atoms with E-state index in [2.05, 4.69) is 24.8 Å². The van der Waals surface area contributed by atoms with E-state index in [0.717, 1.165) is 26.3 Å². The predicted molar refractivity (Wildman–Crippen MR) is 58.1 cm³/mol. The van der Waals surface area contributed by atoms with E-state index in [9.17, 15) is 0 Å². The topological polar surface area (TPSA) is 12.5 Å². The van der Waals surface area contributed by atoms with Crippen molar-refractivity contribution in [3.8, 4) is 0 Å². The van der Waals surface area contributed by atoms with E-state index in [1.54, 1.807) is 5.57 Å². The molecular formula is C12H19NO. The van der Waals surface area contributed by atoms with Gasteiger partial charge in [-0.15, -0.1) is 0 Å². The molecule has 1 fully saturated rings. The van der Waals surface area contributed by atoms with Gasteiger partial charge in [-0.2, -0.15) is 0 Å². The van der Waals surface area contributed by atoms with E-state index in [-0.39, 0.29) is 0 Å². The summed E-state index contributed by atoms with van der Waals surface area (Å²) in [5, 5.41) is 0. The average Bonchev–Trinajstić information content (AvgIpc) is 2.23. The molecule has 0 saturated carbocycles. The molecule has 0 N–H and O–H groups in total. The van der Waals surface area contributed by atoms with Crippen LogP contribution in [0.2, 0.25) is 0 Å². The lowest BCUT2D eigenvalue weighted by atomic mass is 9.97. The molecule has 0 aromatic rings. The van der Waals surface area contributed by atoms with Crippen molar-refractivity contribution in [2.75, 3.05) is 26.3 Å². The van der Waals surface area contributed by atoms with Crippen molar-refractivity contribution in [2.24, 2.45) is 0 Å². The Morgan fingerprint density at radius 2 is 1.86 bits per heavy atom. The van der Waals surface area contributed by atoms with Crippen molar-refractivity contribution in [3.05, 3.63) is 22.9 Å². The third-order valence-corrected chi connectivity index (χ3v) is 3.23. The van der Waals surface area contributed by atoms with Gasteiger partial charge in [0.1, 0.15) is 0 Å². The largest absolute Gasteiger partial charge is 0.378 e. The molecule has 0 unspecified atom stereocenters. The smallest absolute Gasteiger partial charge is 0.0642 e. The van der Waals surface area contributed by atoms with E-state index in [1.807, 2.05) is 0 Å². The third kappa shape index (κ3) is 2.01. The highest BCUT2D eigenvalue weighted by atomic mass is 16.5. The standard InChI is InChI=1S/C12H19NO/c1-10-3-4-12(9-11(10)2)13-5-7-14-8-6-13/h9H,3-8H2,1-2H3. The van der Waals surface area contributed by atoms with Gasteiger partial charge in [0.2, 0.25) is 0 Å². The maximum atomic E-state index is 5.36. The summed E-state index contributed by atoms with van der Waals surface area (Å²) in [5.74, 6) is 0. The molecule has 0 spiro atoms. The summed E-state index contributed by atoms with van der Waals surface area (Å²) in [6, 6.07) is 0. The first-order valence-corrected chi connectivity index (χ1v) is 5.47. The summed E-state index contributed by atoms with van der Waals surface area (Å²) in [4.78, 5) is 2.47. The van der Waals surface area contributed by atoms with E-state index < -0.39 is 0 Å². The number of nitrogens with zero attached hydrogens (tertiary/aromatic N) is 1. The summed E-state index contributed by atoms with van der Waals surface area (Å²) in [5.41, 5.74) is 4.51. The molecule has 1 aliphatic heterocycles. The van der Waals surface area contributed by atoms with Gasteiger partial charge in [-0.1, -0.05) is 11.1 Å². The lowest BCUT2D eigenvalue weighted by Gasteiger charge is -2.33. The van der Waals surface area contributed by atoms with E-state index in [4.69, 9.17) is 4.74 Å². The summed E-state index contributed by atoms with van der Waals surface area (Å²) in [6.45, 7) is 8.37. The molecule has 2 aliphatic rings. The van der Waals surface area contributed by atoms with Gasteiger partial charge >= 0.3 is 0 Å². The molecule has 1 heterocycles. The van der Waals surface area contributed by atoms with Crippen LogP contribution in [0.4, 0.5) is 0 Å². The number of ether oxygens (including phenoxy) is 1. The van der Waals surface area contributed by atoms with Crippen LogP contribution in [0.3, 0.4) is 0 Å². The Morgan fingerprint density at radius 3 is 2.50 bits per heavy atom. The van der Waals surface area contributed by atoms with E-state index in [0.29, 0.717) is 0 Å². The first kappa shape index (κ1) is 9.78. The zero-order valence-electron chi connectivity index (χ0n) is 9.18. The number of allylic oxidation sites excluding steroid dienone is 4. The molecule has 1 aliphatic carbocycles. The molecule has 2 rings (SSSR count). The van der Waals surface area contributed by atoms with Crippen molar-refractivity contribution in [2.45, 2.75) is 26.7 Å². The lowest BCUT2D eigenvalue weighted by Crippen LogP contribution is -2.36. The Morgan fingerprint density at radius 1 is 1.14 bits per heavy atom. The molecule has 2 heteroatoms. The van der Waals surface area contributed by atoms with Crippen molar-refractivity contribution in [1.82, 2.24) is 4.90 Å². The second-order valence-corrected chi connectivity index (χ2v) is 4.20. The average molecular weight is 193 g/mol. The SMILES string of the molecule is CC1=C(C)CCC(N2CCOCC2)=C1. The molecule has 0 atom stereocenters. The second kappa shape index (κ2) is 4.18. The van der Waals surface area contributed by atoms with Crippen LogP contribution in [0.5, 0.6) is 0 Å². The Balaban J connectivity index is 2.07. The molecule has 0 amide bonds. The Kier molecular flexibility index (Phi) is 2.92. The minimum atomic E-state index is 0.888. The molecule has 0 aromatic carbocycles. The van der Waals surface area contributed by atoms with Crippen molar-refractivity contribution >= 4 is 0 Å². The molecule has 78 valence electrons. The van der Waals surface area contributed by atoms with Crippen molar-refractivity contribution < 1.29 is 4.74 Å². The molecular weight excluding hydrogens is 174 g/mol. The lowest BCUT2D eigenvalue weighted by molar-refractivity contribution is 0.0519. The van der Waals surface area contributed by atoms with Gasteiger partial charge in [-0.25, -0.2) is 0 Å². The maximum Gasteiger partial charge on any atom is 0.0642 e. The van der Waals surface area contributed by atoms with Crippen LogP contribution in [-0.2, 0) is 4.74 Å². The fourth-order valence-corrected chi connectivity index (χ4v) is 2.06. The molecule has 14 heavy (non-hydrogen) atoms. The quantitative estimate of drug-likeness (QED) is 0.633. The second-order valence-electron chi connectivity index (χ2n) is 4.20. The highest BCUT2D eigenvalue weighted by Crippen LogP contribution is 2.25. The number of hydrogen-bond donors (Lipinski definition) is 0. The third-order valence-electron chi connectivity index (χ3n) is 3.23. The van der Waals surface area contributed by atoms with Gasteiger partial charge in [0.25, 0.3) is 0 Å². The van der Waals surface area contributed by atoms with Gasteiger partial charge < -0.3 is 9.64 Å². The number of morpholine rings is 1. The Hall–Kier alpha value is -0.760. The molecule has 2 nitrogen and oxygen atoms in total. The number of hydrogen-bond acceptors (Lipinski definition) is 2. The van der Waals surface area contributed by atoms with Crippen LogP contribution >= 0.6 is 0 Å². The Labute approximate surface area is 86.2 Å². The minimum absolute atomic E-state index is 0.888. The van der Waals surface area contributed by atoms with Crippen molar-refractivity contribution in [3.63, 3.8) is 0 Å². The van der Waals surface area contributed by atoms with Gasteiger partial charge in [-0.3, -0.25) is 0 Å². The van der Waals surface area contributed by atoms with Gasteiger partial charge in [0.15, 0.2) is 0 Å². The predicted octanol–water partition coefficient (Wildman–Crippen LogP) is 2.33. The van der Waals surface area contributed by atoms with E-state index >= 15 is 0 Å². The van der Waals surface area contributed by atoms with Crippen LogP contribution in [0, 0.1) is 0 Å². The van der Waals surface area contributed by atoms with Crippen molar-refractivity contribution in [1.29, 1.82) is 0 Å². The van der Waals surface area contributed by atoms with E-state index in [1.165, 1.54) is 24.1 Å². The van der Waals surface area contributed by atoms with Crippen LogP contribution in [0.15, 0.2) is 22.9 Å². The molecule has 1 saturated heterocycles. The van der Waals surface area contributed by atoms with Crippen LogP contribution < -0.4 is 0 Å². The zero-order valence-corrected chi connectivity index (χ0v) is 9.18. The van der Waals surface area contributed by atoms with Crippen LogP contribution in [0.1, 0.15) is 26.7 Å². The maximum absolute atomic E-state index is 5.36. The first-order chi connectivity index (χ1) is 6.77. The zero-order chi connectivity index (χ0) is 9.97. The summed E-state index contributed by atoms with van der Waals surface area (Å²) in [6.07, 6.45) is 4.79. The fourth-order valence-electron chi connectivity index (χ4n) is 2.06. The highest BCUT2D eigenvalue weighted by Gasteiger charge is 2.16. The highest BCUT2D eigenvalue weighted by molar-refractivity contribution is 5.30. The van der Waals surface area contributed by atoms with Crippen LogP contribution in [-0.4, -0.2) is 31.2 Å². The summed E-state index contributed by atoms with van der Waals surface area (Å²) < 4.78 is 5.36. The normalized spacial score (nSPS) is 23.9. The Bertz CT molecular complexity index is 272. The molecule has 0 radical (unpaired) electrons. The summed E-state index contributed by atoms with van der Waals surface area (Å²) >= 11 is 0.